The van der Waals surface area contributed by atoms with E-state index in [0.717, 1.165) is 0 Å². The van der Waals surface area contributed by atoms with Crippen LogP contribution in [0, 0.1) is 0 Å². The molecule has 3 rings (SSSR count). The second-order valence-electron chi connectivity index (χ2n) is 6.10. The molecule has 2 aliphatic heterocycles. The summed E-state index contributed by atoms with van der Waals surface area (Å²) in [5.41, 5.74) is -2.46. The third-order valence-corrected chi connectivity index (χ3v) is 4.09. The maximum atomic E-state index is 8.84. The molecule has 0 aliphatic carbocycles. The minimum atomic E-state index is -2.71. The van der Waals surface area contributed by atoms with Gasteiger partial charge in [-0.3, -0.25) is 0 Å². The fraction of sp³-hybridized carbons (Fsp3) is 0.647. The Labute approximate surface area is 140 Å². The lowest BCUT2D eigenvalue weighted by molar-refractivity contribution is 0.00578. The lowest BCUT2D eigenvalue weighted by Gasteiger charge is -2.32. The van der Waals surface area contributed by atoms with Crippen molar-refractivity contribution < 1.29 is 26.4 Å². The van der Waals surface area contributed by atoms with E-state index >= 15 is 0 Å². The predicted molar refractivity (Wildman–Crippen MR) is 85.0 cm³/mol. The molecular weight excluding hydrogens is 263 g/mol. The van der Waals surface area contributed by atoms with Crippen LogP contribution in [0.5, 0.6) is 0 Å². The van der Waals surface area contributed by atoms with Crippen molar-refractivity contribution >= 4 is 12.6 Å². The first-order chi connectivity index (χ1) is 13.4. The molecule has 0 aromatic heterocycles. The van der Waals surface area contributed by atoms with Gasteiger partial charge in [0, 0.05) is 20.1 Å². The summed E-state index contributed by atoms with van der Waals surface area (Å²) in [5, 5.41) is 0. The number of ether oxygens (including phenoxy) is 1. The molecule has 1 aromatic rings. The Bertz CT molecular complexity index is 856. The van der Waals surface area contributed by atoms with Crippen molar-refractivity contribution in [2.75, 3.05) is 13.2 Å². The third kappa shape index (κ3) is 2.89. The van der Waals surface area contributed by atoms with Gasteiger partial charge in [-0.1, -0.05) is 24.2 Å². The molecule has 2 aliphatic rings. The van der Waals surface area contributed by atoms with Crippen LogP contribution in [-0.2, 0) is 14.0 Å². The fourth-order valence-corrected chi connectivity index (χ4v) is 2.10. The van der Waals surface area contributed by atoms with E-state index in [-0.39, 0.29) is 5.46 Å². The van der Waals surface area contributed by atoms with Gasteiger partial charge in [-0.2, -0.15) is 0 Å². The lowest BCUT2D eigenvalue weighted by atomic mass is 9.77. The van der Waals surface area contributed by atoms with E-state index in [4.69, 9.17) is 26.4 Å². The number of rotatable bonds is 2. The van der Waals surface area contributed by atoms with Crippen LogP contribution in [-0.4, -0.2) is 31.5 Å². The van der Waals surface area contributed by atoms with Gasteiger partial charge in [-0.15, -0.1) is 0 Å². The zero-order chi connectivity index (χ0) is 23.1. The molecule has 2 heterocycles. The van der Waals surface area contributed by atoms with Gasteiger partial charge in [-0.25, -0.2) is 0 Å². The quantitative estimate of drug-likeness (QED) is 0.786. The Balaban J connectivity index is 2.31. The third-order valence-electron chi connectivity index (χ3n) is 4.09. The average Bonchev–Trinajstić information content (AvgIpc) is 2.78. The summed E-state index contributed by atoms with van der Waals surface area (Å²) in [5.74, 6) is -2.71. The van der Waals surface area contributed by atoms with Crippen molar-refractivity contribution in [3.8, 4) is 0 Å². The Kier molecular flexibility index (Phi) is 1.97. The molecule has 2 saturated heterocycles. The largest absolute Gasteiger partial charge is 0.494 e. The number of hydrogen-bond donors (Lipinski definition) is 0. The first-order valence-electron chi connectivity index (χ1n) is 11.5. The molecule has 21 heavy (non-hydrogen) atoms. The molecule has 114 valence electrons. The standard InChI is InChI=1S/C17H25BO3/c1-16(2)17(3,4)21-18(20-16)15-7-5-6-14(12-15)13-8-10-19-11-9-13/h5-7,12-13H,8-11H2,1-4H3/i5D,6D,7D,8D2,9D2,12D,13D. The first kappa shape index (κ1) is 7.63. The molecule has 0 radical (unpaired) electrons. The van der Waals surface area contributed by atoms with Crippen LogP contribution >= 0.6 is 0 Å². The van der Waals surface area contributed by atoms with Crippen LogP contribution in [0.25, 0.3) is 0 Å². The van der Waals surface area contributed by atoms with E-state index in [2.05, 4.69) is 0 Å². The molecular formula is C17H25BO3. The van der Waals surface area contributed by atoms with E-state index in [9.17, 15) is 0 Å². The van der Waals surface area contributed by atoms with Gasteiger partial charge in [0.25, 0.3) is 0 Å². The number of hydrogen-bond acceptors (Lipinski definition) is 3. The molecule has 3 nitrogen and oxygen atoms in total. The molecule has 0 spiro atoms. The van der Waals surface area contributed by atoms with E-state index in [1.807, 2.05) is 0 Å². The Morgan fingerprint density at radius 1 is 1.19 bits per heavy atom. The van der Waals surface area contributed by atoms with Crippen molar-refractivity contribution in [1.82, 2.24) is 0 Å². The van der Waals surface area contributed by atoms with Crippen molar-refractivity contribution in [1.29, 1.82) is 0 Å². The zero-order valence-electron chi connectivity index (χ0n) is 21.7. The molecule has 1 aromatic carbocycles. The van der Waals surface area contributed by atoms with E-state index < -0.39 is 79.9 Å². The molecule has 0 atom stereocenters. The van der Waals surface area contributed by atoms with Crippen molar-refractivity contribution in [2.45, 2.75) is 57.5 Å². The van der Waals surface area contributed by atoms with Crippen LogP contribution in [0.2, 0.25) is 0 Å². The minimum Gasteiger partial charge on any atom is -0.399 e. The van der Waals surface area contributed by atoms with Gasteiger partial charge in [0.05, 0.1) is 16.7 Å². The van der Waals surface area contributed by atoms with Gasteiger partial charge in [-0.05, 0) is 57.4 Å². The maximum Gasteiger partial charge on any atom is 0.494 e. The van der Waals surface area contributed by atoms with Crippen molar-refractivity contribution in [3.05, 3.63) is 29.7 Å². The second-order valence-corrected chi connectivity index (χ2v) is 6.10. The Morgan fingerprint density at radius 3 is 2.43 bits per heavy atom. The van der Waals surface area contributed by atoms with E-state index in [1.54, 1.807) is 27.7 Å². The van der Waals surface area contributed by atoms with E-state index in [0.29, 0.717) is 0 Å². The summed E-state index contributed by atoms with van der Waals surface area (Å²) in [6, 6.07) is -2.46. The molecule has 0 saturated carbocycles. The lowest BCUT2D eigenvalue weighted by Crippen LogP contribution is -2.41. The van der Waals surface area contributed by atoms with Crippen LogP contribution in [0.1, 0.15) is 64.2 Å². The molecule has 0 bridgehead atoms. The summed E-state index contributed by atoms with van der Waals surface area (Å²) in [7, 11) is -1.25. The Hall–Kier alpha value is -0.835. The van der Waals surface area contributed by atoms with Gasteiger partial charge < -0.3 is 14.0 Å². The normalized spacial score (nSPS) is 37.7. The highest BCUT2D eigenvalue weighted by atomic mass is 16.7. The van der Waals surface area contributed by atoms with Crippen LogP contribution in [0.15, 0.2) is 24.2 Å². The van der Waals surface area contributed by atoms with Crippen LogP contribution in [0.4, 0.5) is 0 Å². The molecule has 4 heteroatoms. The first-order valence-corrected chi connectivity index (χ1v) is 6.95. The Morgan fingerprint density at radius 2 is 1.81 bits per heavy atom. The summed E-state index contributed by atoms with van der Waals surface area (Å²) in [4.78, 5) is 0. The van der Waals surface area contributed by atoms with Crippen molar-refractivity contribution in [2.24, 2.45) is 0 Å². The summed E-state index contributed by atoms with van der Waals surface area (Å²) in [6.45, 7) is 5.87. The SMILES string of the molecule is [2H]c1c([2H])c(B2OC(C)(C)C(C)(C)O2)c([2H])c(C2([2H])C([2H])([2H])COCC2([2H])[2H])c1[2H]. The van der Waals surface area contributed by atoms with Gasteiger partial charge in [0.15, 0.2) is 0 Å². The van der Waals surface area contributed by atoms with Gasteiger partial charge in [0.2, 0.25) is 0 Å². The molecule has 0 amide bonds. The second kappa shape index (κ2) is 5.42. The monoisotopic (exact) mass is 297 g/mol. The van der Waals surface area contributed by atoms with Crippen LogP contribution < -0.4 is 5.46 Å². The highest BCUT2D eigenvalue weighted by Gasteiger charge is 2.51. The van der Waals surface area contributed by atoms with Crippen molar-refractivity contribution in [3.63, 3.8) is 0 Å². The summed E-state index contributed by atoms with van der Waals surface area (Å²) < 4.78 is 92.3. The van der Waals surface area contributed by atoms with Crippen LogP contribution in [0.3, 0.4) is 0 Å². The smallest absolute Gasteiger partial charge is 0.399 e. The fourth-order valence-electron chi connectivity index (χ4n) is 2.10. The highest BCUT2D eigenvalue weighted by Crippen LogP contribution is 2.36. The molecule has 2 fully saturated rings. The van der Waals surface area contributed by atoms with Gasteiger partial charge >= 0.3 is 7.12 Å². The molecule has 0 N–H and O–H groups in total. The minimum absolute atomic E-state index is 0.214. The average molecular weight is 297 g/mol. The molecule has 0 unspecified atom stereocenters. The van der Waals surface area contributed by atoms with E-state index in [1.165, 1.54) is 0 Å². The highest BCUT2D eigenvalue weighted by molar-refractivity contribution is 6.62. The summed E-state index contributed by atoms with van der Waals surface area (Å²) in [6.07, 6.45) is -5.19. The predicted octanol–water partition coefficient (Wildman–Crippen LogP) is 2.88. The summed E-state index contributed by atoms with van der Waals surface area (Å²) >= 11 is 0. The maximum absolute atomic E-state index is 8.84. The number of benzene rings is 1. The van der Waals surface area contributed by atoms with Gasteiger partial charge in [0.1, 0.15) is 0 Å². The topological polar surface area (TPSA) is 27.7 Å². The zero-order valence-corrected chi connectivity index (χ0v) is 12.7.